The van der Waals surface area contributed by atoms with E-state index in [4.69, 9.17) is 0 Å². The molecule has 1 aromatic rings. The van der Waals surface area contributed by atoms with Gasteiger partial charge in [0.05, 0.1) is 0 Å². The first-order valence-corrected chi connectivity index (χ1v) is 5.55. The van der Waals surface area contributed by atoms with Crippen LogP contribution in [0.25, 0.3) is 0 Å². The Morgan fingerprint density at radius 3 is 2.53 bits per heavy atom. The van der Waals surface area contributed by atoms with Crippen molar-refractivity contribution in [3.63, 3.8) is 0 Å². The quantitative estimate of drug-likeness (QED) is 0.693. The predicted octanol–water partition coefficient (Wildman–Crippen LogP) is 4.77. The Labute approximate surface area is 98.6 Å². The molecule has 2 heteroatoms. The van der Waals surface area contributed by atoms with E-state index >= 15 is 0 Å². The van der Waals surface area contributed by atoms with Gasteiger partial charge in [0.1, 0.15) is 0 Å². The molecule has 0 bridgehead atoms. The summed E-state index contributed by atoms with van der Waals surface area (Å²) in [5.74, 6) is 0. The summed E-state index contributed by atoms with van der Waals surface area (Å²) < 4.78 is 15.4. The average Bonchev–Trinajstić information content (AvgIpc) is 2.18. The lowest BCUT2D eigenvalue weighted by atomic mass is 9.89. The number of hydrogen-bond donors (Lipinski definition) is 0. The van der Waals surface area contributed by atoms with Crippen LogP contribution in [0.4, 0.5) is 4.39 Å². The van der Waals surface area contributed by atoms with Gasteiger partial charge in [0.15, 0.2) is 5.67 Å². The molecule has 1 unspecified atom stereocenters. The van der Waals surface area contributed by atoms with Gasteiger partial charge in [-0.05, 0) is 31.6 Å². The molecule has 0 radical (unpaired) electrons. The molecule has 0 aliphatic carbocycles. The molecule has 0 amide bonds. The van der Waals surface area contributed by atoms with Crippen LogP contribution in [0.5, 0.6) is 0 Å². The molecule has 0 aromatic heterocycles. The molecule has 0 aliphatic heterocycles. The smallest absolute Gasteiger partial charge is 0.175 e. The van der Waals surface area contributed by atoms with E-state index < -0.39 is 5.67 Å². The van der Waals surface area contributed by atoms with Crippen molar-refractivity contribution in [2.24, 2.45) is 0 Å². The first-order chi connectivity index (χ1) is 7.02. The monoisotopic (exact) mass is 268 g/mol. The molecule has 15 heavy (non-hydrogen) atoms. The van der Waals surface area contributed by atoms with Crippen LogP contribution >= 0.6 is 15.9 Å². The summed E-state index contributed by atoms with van der Waals surface area (Å²) in [5, 5.41) is 0. The standard InChI is InChI=1S/C13H14BrF/c1-4-9-13(15,10(2)3)11-7-5-6-8-12(11)14/h4-9H,2H2,1,3H3/b9-4+. The summed E-state index contributed by atoms with van der Waals surface area (Å²) in [6.07, 6.45) is 3.23. The molecule has 1 rings (SSSR count). The Balaban J connectivity index is 3.34. The van der Waals surface area contributed by atoms with Crippen LogP contribution in [0.2, 0.25) is 0 Å². The van der Waals surface area contributed by atoms with Crippen LogP contribution in [0.3, 0.4) is 0 Å². The largest absolute Gasteiger partial charge is 0.229 e. The Morgan fingerprint density at radius 1 is 1.47 bits per heavy atom. The summed E-state index contributed by atoms with van der Waals surface area (Å²) >= 11 is 3.36. The minimum atomic E-state index is -1.59. The molecule has 0 N–H and O–H groups in total. The fourth-order valence-electron chi connectivity index (χ4n) is 1.45. The summed E-state index contributed by atoms with van der Waals surface area (Å²) in [7, 11) is 0. The lowest BCUT2D eigenvalue weighted by molar-refractivity contribution is 0.286. The van der Waals surface area contributed by atoms with Gasteiger partial charge >= 0.3 is 0 Å². The second-order valence-electron chi connectivity index (χ2n) is 3.47. The van der Waals surface area contributed by atoms with Crippen molar-refractivity contribution >= 4 is 15.9 Å². The van der Waals surface area contributed by atoms with Crippen molar-refractivity contribution in [3.05, 3.63) is 58.6 Å². The van der Waals surface area contributed by atoms with Crippen molar-refractivity contribution in [2.45, 2.75) is 19.5 Å². The van der Waals surface area contributed by atoms with Crippen LogP contribution < -0.4 is 0 Å². The zero-order valence-electron chi connectivity index (χ0n) is 8.93. The fraction of sp³-hybridized carbons (Fsp3) is 0.231. The number of allylic oxidation sites excluding steroid dienone is 3. The summed E-state index contributed by atoms with van der Waals surface area (Å²) in [5.41, 5.74) is -0.516. The normalized spacial score (nSPS) is 15.2. The van der Waals surface area contributed by atoms with E-state index in [0.29, 0.717) is 11.1 Å². The zero-order valence-corrected chi connectivity index (χ0v) is 10.5. The van der Waals surface area contributed by atoms with E-state index in [1.165, 1.54) is 6.08 Å². The summed E-state index contributed by atoms with van der Waals surface area (Å²) in [6.45, 7) is 7.21. The van der Waals surface area contributed by atoms with Gasteiger partial charge in [0, 0.05) is 10.0 Å². The Hall–Kier alpha value is -0.890. The van der Waals surface area contributed by atoms with Gasteiger partial charge in [0.2, 0.25) is 0 Å². The van der Waals surface area contributed by atoms with Crippen molar-refractivity contribution in [3.8, 4) is 0 Å². The van der Waals surface area contributed by atoms with Crippen molar-refractivity contribution in [2.75, 3.05) is 0 Å². The number of alkyl halides is 1. The van der Waals surface area contributed by atoms with Gasteiger partial charge in [-0.1, -0.05) is 46.8 Å². The van der Waals surface area contributed by atoms with Crippen LogP contribution in [0.15, 0.2) is 53.0 Å². The number of rotatable bonds is 3. The van der Waals surface area contributed by atoms with Gasteiger partial charge in [-0.25, -0.2) is 4.39 Å². The van der Waals surface area contributed by atoms with Gasteiger partial charge < -0.3 is 0 Å². The minimum absolute atomic E-state index is 0.479. The molecular formula is C13H14BrF. The van der Waals surface area contributed by atoms with Crippen LogP contribution in [-0.4, -0.2) is 0 Å². The van der Waals surface area contributed by atoms with Crippen molar-refractivity contribution in [1.82, 2.24) is 0 Å². The van der Waals surface area contributed by atoms with Crippen LogP contribution in [0, 0.1) is 0 Å². The highest BCUT2D eigenvalue weighted by Crippen LogP contribution is 2.38. The molecule has 0 aliphatic rings. The maximum Gasteiger partial charge on any atom is 0.175 e. The van der Waals surface area contributed by atoms with Crippen LogP contribution in [-0.2, 0) is 5.67 Å². The van der Waals surface area contributed by atoms with E-state index in [1.807, 2.05) is 18.2 Å². The van der Waals surface area contributed by atoms with Gasteiger partial charge in [-0.2, -0.15) is 0 Å². The molecule has 0 saturated carbocycles. The second kappa shape index (κ2) is 4.75. The summed E-state index contributed by atoms with van der Waals surface area (Å²) in [6, 6.07) is 7.28. The van der Waals surface area contributed by atoms with E-state index in [2.05, 4.69) is 22.5 Å². The van der Waals surface area contributed by atoms with Gasteiger partial charge in [-0.3, -0.25) is 0 Å². The average molecular weight is 269 g/mol. The highest BCUT2D eigenvalue weighted by atomic mass is 79.9. The maximum atomic E-state index is 14.7. The first-order valence-electron chi connectivity index (χ1n) is 4.76. The van der Waals surface area contributed by atoms with Crippen molar-refractivity contribution in [1.29, 1.82) is 0 Å². The maximum absolute atomic E-state index is 14.7. The molecule has 0 saturated heterocycles. The third kappa shape index (κ3) is 2.37. The van der Waals surface area contributed by atoms with Gasteiger partial charge in [0.25, 0.3) is 0 Å². The number of hydrogen-bond acceptors (Lipinski definition) is 0. The third-order valence-electron chi connectivity index (χ3n) is 2.28. The highest BCUT2D eigenvalue weighted by Gasteiger charge is 2.31. The minimum Gasteiger partial charge on any atom is -0.229 e. The fourth-order valence-corrected chi connectivity index (χ4v) is 2.02. The molecule has 1 atom stereocenters. The van der Waals surface area contributed by atoms with Crippen molar-refractivity contribution < 1.29 is 4.39 Å². The predicted molar refractivity (Wildman–Crippen MR) is 66.6 cm³/mol. The number of halogens is 2. The molecule has 0 nitrogen and oxygen atoms in total. The highest BCUT2D eigenvalue weighted by molar-refractivity contribution is 9.10. The molecule has 0 spiro atoms. The molecular weight excluding hydrogens is 255 g/mol. The number of benzene rings is 1. The lowest BCUT2D eigenvalue weighted by Gasteiger charge is -2.23. The molecule has 0 heterocycles. The Kier molecular flexibility index (Phi) is 3.86. The Bertz CT molecular complexity index is 395. The van der Waals surface area contributed by atoms with E-state index in [9.17, 15) is 4.39 Å². The first kappa shape index (κ1) is 12.2. The second-order valence-corrected chi connectivity index (χ2v) is 4.33. The molecule has 1 aromatic carbocycles. The molecule has 0 fully saturated rings. The Morgan fingerprint density at radius 2 is 2.07 bits per heavy atom. The topological polar surface area (TPSA) is 0 Å². The third-order valence-corrected chi connectivity index (χ3v) is 2.97. The molecule has 80 valence electrons. The zero-order chi connectivity index (χ0) is 11.5. The lowest BCUT2D eigenvalue weighted by Crippen LogP contribution is -2.18. The van der Waals surface area contributed by atoms with E-state index in [0.717, 1.165) is 4.47 Å². The summed E-state index contributed by atoms with van der Waals surface area (Å²) in [4.78, 5) is 0. The van der Waals surface area contributed by atoms with E-state index in [-0.39, 0.29) is 0 Å². The van der Waals surface area contributed by atoms with E-state index in [1.54, 1.807) is 26.0 Å². The SMILES string of the molecule is C=C(C)C(F)(/C=C/C)c1ccccc1Br. The van der Waals surface area contributed by atoms with Crippen LogP contribution in [0.1, 0.15) is 19.4 Å². The van der Waals surface area contributed by atoms with Gasteiger partial charge in [-0.15, -0.1) is 0 Å².